The summed E-state index contributed by atoms with van der Waals surface area (Å²) in [5.41, 5.74) is 0.581. The van der Waals surface area contributed by atoms with Crippen LogP contribution in [-0.4, -0.2) is 52.9 Å². The van der Waals surface area contributed by atoms with Crippen LogP contribution >= 0.6 is 0 Å². The van der Waals surface area contributed by atoms with Crippen LogP contribution in [0.4, 0.5) is 10.5 Å². The van der Waals surface area contributed by atoms with Gasteiger partial charge in [-0.05, 0) is 12.1 Å². The van der Waals surface area contributed by atoms with Gasteiger partial charge < -0.3 is 0 Å². The Hall–Kier alpha value is -2.57. The maximum absolute atomic E-state index is 11.9. The average Bonchev–Trinajstić information content (AvgIpc) is 2.44. The zero-order chi connectivity index (χ0) is 14.0. The molecule has 0 atom stereocenters. The molecular formula is C12H12N4O3. The first-order valence-corrected chi connectivity index (χ1v) is 5.55. The van der Waals surface area contributed by atoms with Crippen molar-refractivity contribution in [2.75, 3.05) is 14.1 Å². The molecule has 1 saturated heterocycles. The predicted molar refractivity (Wildman–Crippen MR) is 66.8 cm³/mol. The van der Waals surface area contributed by atoms with Gasteiger partial charge in [0.15, 0.2) is 5.92 Å². The van der Waals surface area contributed by atoms with E-state index in [-0.39, 0.29) is 0 Å². The van der Waals surface area contributed by atoms with Crippen molar-refractivity contribution in [3.8, 4) is 0 Å². The summed E-state index contributed by atoms with van der Waals surface area (Å²) in [7, 11) is 2.67. The number of carbonyl (C=O) groups excluding carboxylic acids is 3. The van der Waals surface area contributed by atoms with Crippen molar-refractivity contribution < 1.29 is 14.4 Å². The van der Waals surface area contributed by atoms with Gasteiger partial charge in [-0.3, -0.25) is 29.4 Å². The van der Waals surface area contributed by atoms with Crippen molar-refractivity contribution in [2.45, 2.75) is 0 Å². The van der Waals surface area contributed by atoms with Gasteiger partial charge in [-0.2, -0.15) is 0 Å². The van der Waals surface area contributed by atoms with Crippen LogP contribution in [0.5, 0.6) is 0 Å². The summed E-state index contributed by atoms with van der Waals surface area (Å²) in [5.74, 6) is -2.22. The first-order valence-electron chi connectivity index (χ1n) is 5.55. The molecule has 0 N–H and O–H groups in total. The molecular weight excluding hydrogens is 248 g/mol. The van der Waals surface area contributed by atoms with Crippen molar-refractivity contribution >= 4 is 29.7 Å². The topological polar surface area (TPSA) is 82.9 Å². The van der Waals surface area contributed by atoms with Gasteiger partial charge in [0.1, 0.15) is 0 Å². The Kier molecular flexibility index (Phi) is 3.37. The number of barbiturate groups is 1. The van der Waals surface area contributed by atoms with Gasteiger partial charge in [0.2, 0.25) is 11.8 Å². The minimum absolute atomic E-state index is 0.578. The molecule has 0 radical (unpaired) electrons. The summed E-state index contributed by atoms with van der Waals surface area (Å²) >= 11 is 0. The lowest BCUT2D eigenvalue weighted by atomic mass is 10.1. The molecule has 0 aromatic carbocycles. The molecule has 1 aliphatic heterocycles. The van der Waals surface area contributed by atoms with Crippen LogP contribution in [0, 0.1) is 5.92 Å². The van der Waals surface area contributed by atoms with E-state index >= 15 is 0 Å². The molecule has 2 rings (SSSR count). The molecule has 4 amide bonds. The molecule has 1 aromatic heterocycles. The van der Waals surface area contributed by atoms with E-state index < -0.39 is 23.8 Å². The van der Waals surface area contributed by atoms with E-state index in [1.54, 1.807) is 24.5 Å². The summed E-state index contributed by atoms with van der Waals surface area (Å²) < 4.78 is 0. The van der Waals surface area contributed by atoms with Crippen molar-refractivity contribution in [3.05, 3.63) is 24.5 Å². The third-order valence-corrected chi connectivity index (χ3v) is 2.80. The van der Waals surface area contributed by atoms with E-state index in [0.717, 1.165) is 9.80 Å². The Labute approximate surface area is 109 Å². The van der Waals surface area contributed by atoms with Crippen LogP contribution < -0.4 is 0 Å². The molecule has 2 heterocycles. The van der Waals surface area contributed by atoms with E-state index in [4.69, 9.17) is 0 Å². The molecule has 98 valence electrons. The standard InChI is InChI=1S/C12H12N4O3/c1-15-10(17)9(11(18)16(2)12(15)19)7-14-8-3-5-13-6-4-8/h3-7,9H,1-2H3. The summed E-state index contributed by atoms with van der Waals surface area (Å²) in [6, 6.07) is 2.66. The Balaban J connectivity index is 2.24. The number of nitrogens with zero attached hydrogens (tertiary/aromatic N) is 4. The third-order valence-electron chi connectivity index (χ3n) is 2.80. The van der Waals surface area contributed by atoms with Crippen LogP contribution in [0.2, 0.25) is 0 Å². The molecule has 0 aliphatic carbocycles. The molecule has 7 heteroatoms. The van der Waals surface area contributed by atoms with Gasteiger partial charge in [0.25, 0.3) is 0 Å². The molecule has 1 aromatic rings. The van der Waals surface area contributed by atoms with Crippen molar-refractivity contribution in [2.24, 2.45) is 10.9 Å². The Morgan fingerprint density at radius 1 is 1.11 bits per heavy atom. The first kappa shape index (κ1) is 12.9. The minimum atomic E-state index is -1.07. The molecule has 19 heavy (non-hydrogen) atoms. The second-order valence-corrected chi connectivity index (χ2v) is 4.04. The monoisotopic (exact) mass is 260 g/mol. The van der Waals surface area contributed by atoms with E-state index in [2.05, 4.69) is 9.98 Å². The number of carbonyl (C=O) groups is 3. The van der Waals surface area contributed by atoms with E-state index in [0.29, 0.717) is 5.69 Å². The maximum atomic E-state index is 11.9. The van der Waals surface area contributed by atoms with Gasteiger partial charge in [-0.15, -0.1) is 0 Å². The second kappa shape index (κ2) is 4.97. The lowest BCUT2D eigenvalue weighted by Gasteiger charge is -2.31. The number of aliphatic imine (C=N–C) groups is 1. The predicted octanol–water partition coefficient (Wildman–Crippen LogP) is 0.450. The highest BCUT2D eigenvalue weighted by atomic mass is 16.2. The van der Waals surface area contributed by atoms with Crippen LogP contribution in [0.15, 0.2) is 29.5 Å². The van der Waals surface area contributed by atoms with Crippen LogP contribution in [0.3, 0.4) is 0 Å². The van der Waals surface area contributed by atoms with Crippen molar-refractivity contribution in [1.29, 1.82) is 0 Å². The molecule has 0 bridgehead atoms. The lowest BCUT2D eigenvalue weighted by Crippen LogP contribution is -2.57. The quantitative estimate of drug-likeness (QED) is 0.571. The minimum Gasteiger partial charge on any atom is -0.273 e. The fourth-order valence-corrected chi connectivity index (χ4v) is 1.65. The fraction of sp³-hybridized carbons (Fsp3) is 0.250. The summed E-state index contributed by atoms with van der Waals surface area (Å²) in [5, 5.41) is 0. The highest BCUT2D eigenvalue weighted by Gasteiger charge is 2.41. The summed E-state index contributed by atoms with van der Waals surface area (Å²) in [4.78, 5) is 45.0. The first-order chi connectivity index (χ1) is 9.02. The molecule has 0 unspecified atom stereocenters. The number of imide groups is 2. The summed E-state index contributed by atoms with van der Waals surface area (Å²) in [6.07, 6.45) is 4.36. The van der Waals surface area contributed by atoms with Gasteiger partial charge in [0.05, 0.1) is 5.69 Å². The van der Waals surface area contributed by atoms with E-state index in [1.807, 2.05) is 0 Å². The summed E-state index contributed by atoms with van der Waals surface area (Å²) in [6.45, 7) is 0. The molecule has 1 fully saturated rings. The Bertz CT molecular complexity index is 531. The van der Waals surface area contributed by atoms with Gasteiger partial charge in [-0.1, -0.05) is 0 Å². The number of hydrogen-bond acceptors (Lipinski definition) is 5. The maximum Gasteiger partial charge on any atom is 0.332 e. The highest BCUT2D eigenvalue weighted by Crippen LogP contribution is 2.15. The smallest absolute Gasteiger partial charge is 0.273 e. The van der Waals surface area contributed by atoms with Crippen LogP contribution in [0.25, 0.3) is 0 Å². The Morgan fingerprint density at radius 2 is 1.63 bits per heavy atom. The number of urea groups is 1. The van der Waals surface area contributed by atoms with Crippen LogP contribution in [0.1, 0.15) is 0 Å². The van der Waals surface area contributed by atoms with E-state index in [9.17, 15) is 14.4 Å². The van der Waals surface area contributed by atoms with Gasteiger partial charge in [0, 0.05) is 32.7 Å². The lowest BCUT2D eigenvalue weighted by molar-refractivity contribution is -0.144. The van der Waals surface area contributed by atoms with Crippen molar-refractivity contribution in [1.82, 2.24) is 14.8 Å². The largest absolute Gasteiger partial charge is 0.332 e. The van der Waals surface area contributed by atoms with E-state index in [1.165, 1.54) is 20.3 Å². The Morgan fingerprint density at radius 3 is 2.16 bits per heavy atom. The number of aromatic nitrogens is 1. The number of rotatable bonds is 2. The number of hydrogen-bond donors (Lipinski definition) is 0. The zero-order valence-electron chi connectivity index (χ0n) is 10.5. The molecule has 0 saturated carbocycles. The van der Waals surface area contributed by atoms with Crippen molar-refractivity contribution in [3.63, 3.8) is 0 Å². The second-order valence-electron chi connectivity index (χ2n) is 4.04. The van der Waals surface area contributed by atoms with Gasteiger partial charge in [-0.25, -0.2) is 4.79 Å². The average molecular weight is 260 g/mol. The third kappa shape index (κ3) is 2.35. The SMILES string of the molecule is CN1C(=O)C(C=Nc2ccncc2)C(=O)N(C)C1=O. The van der Waals surface area contributed by atoms with Crippen LogP contribution in [-0.2, 0) is 9.59 Å². The highest BCUT2D eigenvalue weighted by molar-refractivity contribution is 6.23. The molecule has 7 nitrogen and oxygen atoms in total. The van der Waals surface area contributed by atoms with Gasteiger partial charge >= 0.3 is 6.03 Å². The normalized spacial score (nSPS) is 17.7. The number of pyridine rings is 1. The molecule has 0 spiro atoms. The zero-order valence-corrected chi connectivity index (χ0v) is 10.5. The fourth-order valence-electron chi connectivity index (χ4n) is 1.65. The number of amides is 4. The molecule has 1 aliphatic rings.